The molecule has 26 heavy (non-hydrogen) atoms. The molecule has 0 aliphatic carbocycles. The van der Waals surface area contributed by atoms with Crippen LogP contribution in [0.3, 0.4) is 0 Å². The maximum atomic E-state index is 12.3. The van der Waals surface area contributed by atoms with E-state index in [0.717, 1.165) is 11.3 Å². The van der Waals surface area contributed by atoms with Crippen molar-refractivity contribution in [1.82, 2.24) is 0 Å². The van der Waals surface area contributed by atoms with E-state index in [0.29, 0.717) is 10.7 Å². The number of halogens is 1. The molecule has 0 radical (unpaired) electrons. The highest BCUT2D eigenvalue weighted by Gasteiger charge is 2.13. The zero-order valence-corrected chi connectivity index (χ0v) is 15.2. The van der Waals surface area contributed by atoms with Crippen LogP contribution in [-0.2, 0) is 10.0 Å². The molecule has 5 nitrogen and oxygen atoms in total. The average Bonchev–Trinajstić information content (AvgIpc) is 2.64. The first-order chi connectivity index (χ1) is 12.5. The number of hydrogen-bond donors (Lipinski definition) is 2. The lowest BCUT2D eigenvalue weighted by molar-refractivity contribution is 0.601. The minimum absolute atomic E-state index is 0.150. The predicted molar refractivity (Wildman–Crippen MR) is 106 cm³/mol. The summed E-state index contributed by atoms with van der Waals surface area (Å²) >= 11 is 5.79. The fraction of sp³-hybridized carbons (Fsp3) is 0. The molecule has 7 heteroatoms. The molecule has 0 amide bonds. The van der Waals surface area contributed by atoms with Crippen LogP contribution in [-0.4, -0.2) is 14.6 Å². The molecule has 0 spiro atoms. The Kier molecular flexibility index (Phi) is 5.55. The molecule has 2 N–H and O–H groups in total. The summed E-state index contributed by atoms with van der Waals surface area (Å²) in [6.45, 7) is 0. The highest BCUT2D eigenvalue weighted by atomic mass is 35.5. The molecule has 0 aliphatic heterocycles. The van der Waals surface area contributed by atoms with Crippen LogP contribution in [0, 0.1) is 0 Å². The molecule has 0 saturated heterocycles. The van der Waals surface area contributed by atoms with Crippen LogP contribution in [0.1, 0.15) is 5.56 Å². The van der Waals surface area contributed by atoms with Crippen LogP contribution in [0.15, 0.2) is 88.9 Å². The van der Waals surface area contributed by atoms with Gasteiger partial charge in [-0.1, -0.05) is 41.9 Å². The van der Waals surface area contributed by atoms with Gasteiger partial charge in [-0.2, -0.15) is 5.10 Å². The largest absolute Gasteiger partial charge is 0.280 e. The van der Waals surface area contributed by atoms with Crippen molar-refractivity contribution in [1.29, 1.82) is 0 Å². The number of nitrogens with one attached hydrogen (secondary N) is 2. The lowest BCUT2D eigenvalue weighted by atomic mass is 10.2. The summed E-state index contributed by atoms with van der Waals surface area (Å²) in [6, 6.07) is 22.5. The molecule has 0 heterocycles. The molecule has 0 fully saturated rings. The molecule has 3 aromatic carbocycles. The molecule has 0 bridgehead atoms. The van der Waals surface area contributed by atoms with Crippen molar-refractivity contribution < 1.29 is 8.42 Å². The van der Waals surface area contributed by atoms with E-state index in [9.17, 15) is 8.42 Å². The lowest BCUT2D eigenvalue weighted by Crippen LogP contribution is -2.12. The van der Waals surface area contributed by atoms with E-state index in [4.69, 9.17) is 11.6 Å². The van der Waals surface area contributed by atoms with Crippen LogP contribution >= 0.6 is 11.6 Å². The number of rotatable bonds is 6. The van der Waals surface area contributed by atoms with Crippen LogP contribution < -0.4 is 10.1 Å². The number of hydrogen-bond acceptors (Lipinski definition) is 4. The number of nitrogens with zero attached hydrogens (tertiary/aromatic N) is 1. The Morgan fingerprint density at radius 1 is 0.808 bits per heavy atom. The Bertz CT molecular complexity index is 987. The molecule has 132 valence electrons. The van der Waals surface area contributed by atoms with Crippen molar-refractivity contribution >= 4 is 39.2 Å². The van der Waals surface area contributed by atoms with Crippen molar-refractivity contribution in [3.05, 3.63) is 89.4 Å². The van der Waals surface area contributed by atoms with Gasteiger partial charge in [-0.05, 0) is 54.1 Å². The topological polar surface area (TPSA) is 70.6 Å². The van der Waals surface area contributed by atoms with Crippen molar-refractivity contribution in [3.63, 3.8) is 0 Å². The van der Waals surface area contributed by atoms with Gasteiger partial charge in [0.1, 0.15) is 0 Å². The Morgan fingerprint density at radius 2 is 1.42 bits per heavy atom. The van der Waals surface area contributed by atoms with Crippen molar-refractivity contribution in [2.24, 2.45) is 5.10 Å². The van der Waals surface area contributed by atoms with E-state index < -0.39 is 10.0 Å². The van der Waals surface area contributed by atoms with Crippen molar-refractivity contribution in [3.8, 4) is 0 Å². The highest BCUT2D eigenvalue weighted by molar-refractivity contribution is 7.92. The summed E-state index contributed by atoms with van der Waals surface area (Å²) in [5, 5.41) is 4.63. The second kappa shape index (κ2) is 8.03. The van der Waals surface area contributed by atoms with Gasteiger partial charge in [-0.15, -0.1) is 0 Å². The van der Waals surface area contributed by atoms with Gasteiger partial charge in [-0.25, -0.2) is 8.42 Å². The maximum absolute atomic E-state index is 12.3. The molecule has 3 aromatic rings. The van der Waals surface area contributed by atoms with Gasteiger partial charge in [-0.3, -0.25) is 10.1 Å². The predicted octanol–water partition coefficient (Wildman–Crippen LogP) is 4.59. The SMILES string of the molecule is O=S(=O)(Nc1ccc(N/N=C/c2ccccc2)cc1)c1ccc(Cl)cc1. The fourth-order valence-corrected chi connectivity index (χ4v) is 3.35. The molecular formula is C19H16ClN3O2S. The molecule has 3 rings (SSSR count). The maximum Gasteiger partial charge on any atom is 0.261 e. The van der Waals surface area contributed by atoms with Crippen molar-refractivity contribution in [2.75, 3.05) is 10.1 Å². The Balaban J connectivity index is 1.64. The van der Waals surface area contributed by atoms with Gasteiger partial charge in [0.15, 0.2) is 0 Å². The van der Waals surface area contributed by atoms with Crippen LogP contribution in [0.25, 0.3) is 0 Å². The second-order valence-electron chi connectivity index (χ2n) is 5.42. The summed E-state index contributed by atoms with van der Waals surface area (Å²) in [5.74, 6) is 0. The first-order valence-corrected chi connectivity index (χ1v) is 9.62. The summed E-state index contributed by atoms with van der Waals surface area (Å²) in [6.07, 6.45) is 1.71. The quantitative estimate of drug-likeness (QED) is 0.481. The average molecular weight is 386 g/mol. The normalized spacial score (nSPS) is 11.4. The smallest absolute Gasteiger partial charge is 0.261 e. The van der Waals surface area contributed by atoms with E-state index in [1.165, 1.54) is 24.3 Å². The van der Waals surface area contributed by atoms with Gasteiger partial charge in [0.05, 0.1) is 16.8 Å². The highest BCUT2D eigenvalue weighted by Crippen LogP contribution is 2.19. The van der Waals surface area contributed by atoms with E-state index in [1.54, 1.807) is 30.5 Å². The van der Waals surface area contributed by atoms with Gasteiger partial charge < -0.3 is 0 Å². The Morgan fingerprint density at radius 3 is 2.08 bits per heavy atom. The van der Waals surface area contributed by atoms with Gasteiger partial charge in [0.2, 0.25) is 0 Å². The second-order valence-corrected chi connectivity index (χ2v) is 7.54. The summed E-state index contributed by atoms with van der Waals surface area (Å²) < 4.78 is 27.2. The molecule has 0 unspecified atom stereocenters. The van der Waals surface area contributed by atoms with Gasteiger partial charge in [0, 0.05) is 10.7 Å². The number of benzene rings is 3. The fourth-order valence-electron chi connectivity index (χ4n) is 2.16. The zero-order chi connectivity index (χ0) is 18.4. The molecular weight excluding hydrogens is 370 g/mol. The van der Waals surface area contributed by atoms with Crippen LogP contribution in [0.4, 0.5) is 11.4 Å². The number of sulfonamides is 1. The monoisotopic (exact) mass is 385 g/mol. The van der Waals surface area contributed by atoms with E-state index in [1.807, 2.05) is 30.3 Å². The van der Waals surface area contributed by atoms with E-state index >= 15 is 0 Å². The molecule has 0 aliphatic rings. The van der Waals surface area contributed by atoms with Gasteiger partial charge >= 0.3 is 0 Å². The first-order valence-electron chi connectivity index (χ1n) is 7.75. The lowest BCUT2D eigenvalue weighted by Gasteiger charge is -2.09. The Hall–Kier alpha value is -2.83. The van der Waals surface area contributed by atoms with Gasteiger partial charge in [0.25, 0.3) is 10.0 Å². The van der Waals surface area contributed by atoms with Crippen LogP contribution in [0.2, 0.25) is 5.02 Å². The third kappa shape index (κ3) is 4.84. The summed E-state index contributed by atoms with van der Waals surface area (Å²) in [5.41, 5.74) is 5.08. The standard InChI is InChI=1S/C19H16ClN3O2S/c20-16-6-12-19(13-7-16)26(24,25)23-18-10-8-17(9-11-18)22-21-14-15-4-2-1-3-5-15/h1-14,22-23H/b21-14+. The number of anilines is 2. The summed E-state index contributed by atoms with van der Waals surface area (Å²) in [7, 11) is -3.65. The first kappa shape index (κ1) is 18.0. The van der Waals surface area contributed by atoms with E-state index in [-0.39, 0.29) is 4.90 Å². The third-order valence-electron chi connectivity index (χ3n) is 3.47. The molecule has 0 aromatic heterocycles. The van der Waals surface area contributed by atoms with Crippen LogP contribution in [0.5, 0.6) is 0 Å². The van der Waals surface area contributed by atoms with Crippen molar-refractivity contribution in [2.45, 2.75) is 4.90 Å². The van der Waals surface area contributed by atoms with E-state index in [2.05, 4.69) is 15.2 Å². The molecule has 0 saturated carbocycles. The minimum Gasteiger partial charge on any atom is -0.280 e. The zero-order valence-electron chi connectivity index (χ0n) is 13.6. The Labute approximate surface area is 157 Å². The summed E-state index contributed by atoms with van der Waals surface area (Å²) in [4.78, 5) is 0.150. The minimum atomic E-state index is -3.65. The number of hydrazone groups is 1. The third-order valence-corrected chi connectivity index (χ3v) is 5.12. The molecule has 0 atom stereocenters.